The molecule has 4 heteroatoms. The number of hydrogen-bond donors (Lipinski definition) is 1. The van der Waals surface area contributed by atoms with E-state index < -0.39 is 0 Å². The van der Waals surface area contributed by atoms with E-state index in [0.717, 1.165) is 5.56 Å². The van der Waals surface area contributed by atoms with E-state index in [-0.39, 0.29) is 17.7 Å². The van der Waals surface area contributed by atoms with Gasteiger partial charge in [-0.15, -0.1) is 0 Å². The van der Waals surface area contributed by atoms with Crippen LogP contribution in [0.5, 0.6) is 5.75 Å². The summed E-state index contributed by atoms with van der Waals surface area (Å²) in [6.07, 6.45) is 1.67. The lowest BCUT2D eigenvalue weighted by molar-refractivity contribution is 0.0740. The van der Waals surface area contributed by atoms with Gasteiger partial charge in [-0.3, -0.25) is 9.78 Å². The smallest absolute Gasteiger partial charge is 0.255 e. The van der Waals surface area contributed by atoms with Crippen molar-refractivity contribution in [2.75, 3.05) is 7.05 Å². The molecule has 20 heavy (non-hydrogen) atoms. The van der Waals surface area contributed by atoms with Gasteiger partial charge < -0.3 is 10.0 Å². The summed E-state index contributed by atoms with van der Waals surface area (Å²) < 4.78 is 0. The van der Waals surface area contributed by atoms with E-state index in [1.165, 1.54) is 0 Å². The summed E-state index contributed by atoms with van der Waals surface area (Å²) in [5.74, 6) is 0.0916. The van der Waals surface area contributed by atoms with Crippen molar-refractivity contribution in [2.24, 2.45) is 0 Å². The van der Waals surface area contributed by atoms with E-state index in [1.54, 1.807) is 42.4 Å². The van der Waals surface area contributed by atoms with Gasteiger partial charge in [0, 0.05) is 24.5 Å². The molecule has 0 fully saturated rings. The Morgan fingerprint density at radius 2 is 1.95 bits per heavy atom. The molecule has 104 valence electrons. The number of nitrogens with zero attached hydrogens (tertiary/aromatic N) is 2. The summed E-state index contributed by atoms with van der Waals surface area (Å²) in [4.78, 5) is 18.2. The number of carbonyl (C=O) groups is 1. The molecule has 0 aliphatic carbocycles. The van der Waals surface area contributed by atoms with Crippen LogP contribution in [0.1, 0.15) is 34.6 Å². The molecule has 0 saturated heterocycles. The molecule has 0 aliphatic heterocycles. The molecule has 1 N–H and O–H groups in total. The summed E-state index contributed by atoms with van der Waals surface area (Å²) in [5, 5.41) is 9.89. The van der Waals surface area contributed by atoms with Crippen molar-refractivity contribution in [3.05, 3.63) is 59.4 Å². The molecule has 0 bridgehead atoms. The summed E-state index contributed by atoms with van der Waals surface area (Å²) >= 11 is 0. The number of carbonyl (C=O) groups excluding carboxylic acids is 1. The summed E-state index contributed by atoms with van der Waals surface area (Å²) in [6.45, 7) is 3.70. The van der Waals surface area contributed by atoms with Crippen LogP contribution in [0.25, 0.3) is 0 Å². The molecule has 4 nitrogen and oxygen atoms in total. The van der Waals surface area contributed by atoms with Crippen molar-refractivity contribution in [1.82, 2.24) is 9.88 Å². The van der Waals surface area contributed by atoms with Gasteiger partial charge in [0.25, 0.3) is 5.91 Å². The Bertz CT molecular complexity index is 625. The van der Waals surface area contributed by atoms with Crippen LogP contribution >= 0.6 is 0 Å². The van der Waals surface area contributed by atoms with Gasteiger partial charge in [0.15, 0.2) is 0 Å². The highest BCUT2D eigenvalue weighted by Gasteiger charge is 2.22. The second-order valence-electron chi connectivity index (χ2n) is 4.79. The quantitative estimate of drug-likeness (QED) is 0.933. The lowest BCUT2D eigenvalue weighted by atomic mass is 10.0. The molecule has 0 aliphatic rings. The molecule has 1 aromatic carbocycles. The third-order valence-electron chi connectivity index (χ3n) is 3.53. The van der Waals surface area contributed by atoms with E-state index in [2.05, 4.69) is 4.98 Å². The van der Waals surface area contributed by atoms with Gasteiger partial charge in [0.05, 0.1) is 11.6 Å². The number of aryl methyl sites for hydroxylation is 1. The lowest BCUT2D eigenvalue weighted by Gasteiger charge is -2.26. The maximum Gasteiger partial charge on any atom is 0.255 e. The second kappa shape index (κ2) is 5.74. The van der Waals surface area contributed by atoms with Crippen molar-refractivity contribution in [1.29, 1.82) is 0 Å². The van der Waals surface area contributed by atoms with Crippen molar-refractivity contribution < 1.29 is 9.90 Å². The predicted octanol–water partition coefficient (Wildman–Crippen LogP) is 2.93. The predicted molar refractivity (Wildman–Crippen MR) is 77.6 cm³/mol. The largest absolute Gasteiger partial charge is 0.508 e. The fraction of sp³-hybridized carbons (Fsp3) is 0.250. The molecule has 1 aromatic heterocycles. The van der Waals surface area contributed by atoms with Crippen LogP contribution in [0.2, 0.25) is 0 Å². The fourth-order valence-corrected chi connectivity index (χ4v) is 2.13. The van der Waals surface area contributed by atoms with E-state index in [0.29, 0.717) is 11.3 Å². The molecule has 0 saturated carbocycles. The van der Waals surface area contributed by atoms with Gasteiger partial charge in [-0.2, -0.15) is 0 Å². The van der Waals surface area contributed by atoms with Crippen LogP contribution < -0.4 is 0 Å². The third-order valence-corrected chi connectivity index (χ3v) is 3.53. The Labute approximate surface area is 118 Å². The molecule has 1 amide bonds. The standard InChI is InChI=1S/C16H18N2O2/c1-11-13(8-6-10-17-11)16(20)18(3)12(2)14-7-4-5-9-15(14)19/h4-10,12,19H,1-3H3. The Morgan fingerprint density at radius 1 is 1.25 bits per heavy atom. The highest BCUT2D eigenvalue weighted by molar-refractivity contribution is 5.95. The number of amides is 1. The number of aromatic nitrogens is 1. The molecule has 1 heterocycles. The van der Waals surface area contributed by atoms with Crippen LogP contribution in [0.4, 0.5) is 0 Å². The number of phenols is 1. The van der Waals surface area contributed by atoms with Gasteiger partial charge in [-0.1, -0.05) is 18.2 Å². The van der Waals surface area contributed by atoms with E-state index >= 15 is 0 Å². The number of hydrogen-bond acceptors (Lipinski definition) is 3. The normalized spacial score (nSPS) is 11.9. The number of benzene rings is 1. The van der Waals surface area contributed by atoms with Gasteiger partial charge in [-0.05, 0) is 32.0 Å². The first kappa shape index (κ1) is 14.1. The molecule has 0 spiro atoms. The first-order valence-electron chi connectivity index (χ1n) is 6.49. The number of rotatable bonds is 3. The van der Waals surface area contributed by atoms with E-state index in [9.17, 15) is 9.90 Å². The number of para-hydroxylation sites is 1. The van der Waals surface area contributed by atoms with Gasteiger partial charge >= 0.3 is 0 Å². The average Bonchev–Trinajstić information content (AvgIpc) is 2.46. The summed E-state index contributed by atoms with van der Waals surface area (Å²) in [5.41, 5.74) is 2.01. The van der Waals surface area contributed by atoms with Gasteiger partial charge in [0.2, 0.25) is 0 Å². The molecule has 0 radical (unpaired) electrons. The van der Waals surface area contributed by atoms with E-state index in [4.69, 9.17) is 0 Å². The minimum absolute atomic E-state index is 0.105. The minimum Gasteiger partial charge on any atom is -0.508 e. The fourth-order valence-electron chi connectivity index (χ4n) is 2.13. The molecular formula is C16H18N2O2. The average molecular weight is 270 g/mol. The molecule has 2 rings (SSSR count). The van der Waals surface area contributed by atoms with Crippen LogP contribution in [0.15, 0.2) is 42.6 Å². The Kier molecular flexibility index (Phi) is 4.03. The lowest BCUT2D eigenvalue weighted by Crippen LogP contribution is -2.30. The topological polar surface area (TPSA) is 53.4 Å². The maximum atomic E-state index is 12.5. The van der Waals surface area contributed by atoms with Gasteiger partial charge in [0.1, 0.15) is 5.75 Å². The molecule has 2 aromatic rings. The minimum atomic E-state index is -0.219. The Morgan fingerprint density at radius 3 is 2.60 bits per heavy atom. The van der Waals surface area contributed by atoms with Crippen LogP contribution in [0, 0.1) is 6.92 Å². The maximum absolute atomic E-state index is 12.5. The Balaban J connectivity index is 2.28. The van der Waals surface area contributed by atoms with Crippen molar-refractivity contribution >= 4 is 5.91 Å². The molecule has 1 unspecified atom stereocenters. The van der Waals surface area contributed by atoms with Crippen LogP contribution in [0.3, 0.4) is 0 Å². The van der Waals surface area contributed by atoms with Crippen molar-refractivity contribution in [2.45, 2.75) is 19.9 Å². The van der Waals surface area contributed by atoms with Crippen LogP contribution in [-0.2, 0) is 0 Å². The van der Waals surface area contributed by atoms with Crippen molar-refractivity contribution in [3.63, 3.8) is 0 Å². The first-order chi connectivity index (χ1) is 9.52. The molecule has 1 atom stereocenters. The number of pyridine rings is 1. The van der Waals surface area contributed by atoms with E-state index in [1.807, 2.05) is 26.0 Å². The highest BCUT2D eigenvalue weighted by atomic mass is 16.3. The van der Waals surface area contributed by atoms with Crippen LogP contribution in [-0.4, -0.2) is 27.9 Å². The van der Waals surface area contributed by atoms with Crippen molar-refractivity contribution in [3.8, 4) is 5.75 Å². The SMILES string of the molecule is Cc1ncccc1C(=O)N(C)C(C)c1ccccc1O. The summed E-state index contributed by atoms with van der Waals surface area (Å²) in [7, 11) is 1.73. The number of aromatic hydroxyl groups is 1. The first-order valence-corrected chi connectivity index (χ1v) is 6.49. The Hall–Kier alpha value is -2.36. The zero-order valence-corrected chi connectivity index (χ0v) is 11.9. The molecular weight excluding hydrogens is 252 g/mol. The zero-order chi connectivity index (χ0) is 14.7. The number of phenolic OH excluding ortho intramolecular Hbond substituents is 1. The third kappa shape index (κ3) is 2.64. The second-order valence-corrected chi connectivity index (χ2v) is 4.79. The zero-order valence-electron chi connectivity index (χ0n) is 11.9. The monoisotopic (exact) mass is 270 g/mol. The highest BCUT2D eigenvalue weighted by Crippen LogP contribution is 2.28. The summed E-state index contributed by atoms with van der Waals surface area (Å²) in [6, 6.07) is 10.3. The van der Waals surface area contributed by atoms with Gasteiger partial charge in [-0.25, -0.2) is 0 Å².